The summed E-state index contributed by atoms with van der Waals surface area (Å²) in [5.74, 6) is 1.69. The van der Waals surface area contributed by atoms with Crippen molar-refractivity contribution in [3.05, 3.63) is 29.3 Å². The Morgan fingerprint density at radius 1 is 1.35 bits per heavy atom. The molecule has 0 saturated heterocycles. The van der Waals surface area contributed by atoms with Gasteiger partial charge in [0.2, 0.25) is 0 Å². The van der Waals surface area contributed by atoms with Gasteiger partial charge in [0.15, 0.2) is 0 Å². The molecule has 2 nitrogen and oxygen atoms in total. The number of aryl methyl sites for hydroxylation is 1. The van der Waals surface area contributed by atoms with Gasteiger partial charge in [-0.15, -0.1) is 0 Å². The topological polar surface area (TPSA) is 21.3 Å². The van der Waals surface area contributed by atoms with Crippen LogP contribution in [0.15, 0.2) is 18.2 Å². The van der Waals surface area contributed by atoms with Gasteiger partial charge >= 0.3 is 0 Å². The third kappa shape index (κ3) is 3.65. The largest absolute Gasteiger partial charge is 0.496 e. The molecule has 0 aliphatic rings. The second-order valence-corrected chi connectivity index (χ2v) is 5.17. The van der Waals surface area contributed by atoms with Crippen molar-refractivity contribution in [2.75, 3.05) is 19.5 Å². The zero-order valence-electron chi connectivity index (χ0n) is 11.2. The highest BCUT2D eigenvalue weighted by Crippen LogP contribution is 2.28. The molecule has 1 rings (SSSR count). The predicted octanol–water partition coefficient (Wildman–Crippen LogP) is 3.01. The van der Waals surface area contributed by atoms with E-state index in [1.165, 1.54) is 11.1 Å². The van der Waals surface area contributed by atoms with Gasteiger partial charge in [-0.3, -0.25) is 0 Å². The third-order valence-corrected chi connectivity index (χ3v) is 3.35. The number of hydrogen-bond donors (Lipinski definition) is 2. The summed E-state index contributed by atoms with van der Waals surface area (Å²) in [6.45, 7) is 7.56. The number of hydrogen-bond acceptors (Lipinski definition) is 3. The van der Waals surface area contributed by atoms with E-state index in [1.807, 2.05) is 0 Å². The van der Waals surface area contributed by atoms with Crippen molar-refractivity contribution in [3.8, 4) is 5.75 Å². The van der Waals surface area contributed by atoms with Crippen molar-refractivity contribution in [2.24, 2.45) is 0 Å². The van der Waals surface area contributed by atoms with Gasteiger partial charge in [0, 0.05) is 17.8 Å². The van der Waals surface area contributed by atoms with Crippen molar-refractivity contribution >= 4 is 12.6 Å². The molecule has 0 fully saturated rings. The first-order chi connectivity index (χ1) is 8.05. The summed E-state index contributed by atoms with van der Waals surface area (Å²) in [7, 11) is 1.72. The summed E-state index contributed by atoms with van der Waals surface area (Å²) in [4.78, 5) is 0. The molecule has 96 valence electrons. The Balaban J connectivity index is 2.98. The molecule has 1 aromatic carbocycles. The molecule has 0 heterocycles. The van der Waals surface area contributed by atoms with Crippen LogP contribution in [-0.4, -0.2) is 19.5 Å². The van der Waals surface area contributed by atoms with Gasteiger partial charge in [0.05, 0.1) is 7.11 Å². The fraction of sp³-hybridized carbons (Fsp3) is 0.571. The minimum atomic E-state index is 0.110. The van der Waals surface area contributed by atoms with Gasteiger partial charge in [0.1, 0.15) is 5.75 Å². The number of benzene rings is 1. The van der Waals surface area contributed by atoms with Gasteiger partial charge < -0.3 is 10.1 Å². The predicted molar refractivity (Wildman–Crippen MR) is 77.3 cm³/mol. The summed E-state index contributed by atoms with van der Waals surface area (Å²) < 4.78 is 5.36. The first-order valence-electron chi connectivity index (χ1n) is 6.04. The third-order valence-electron chi connectivity index (χ3n) is 3.12. The molecule has 3 heteroatoms. The average Bonchev–Trinajstić information content (AvgIpc) is 2.35. The van der Waals surface area contributed by atoms with Crippen molar-refractivity contribution in [3.63, 3.8) is 0 Å². The van der Waals surface area contributed by atoms with Crippen LogP contribution in [0, 0.1) is 0 Å². The number of thiol groups is 1. The lowest BCUT2D eigenvalue weighted by atomic mass is 9.83. The van der Waals surface area contributed by atoms with Crippen LogP contribution in [-0.2, 0) is 11.8 Å². The lowest BCUT2D eigenvalue weighted by Crippen LogP contribution is -2.32. The summed E-state index contributed by atoms with van der Waals surface area (Å²) in [5.41, 5.74) is 2.72. The molecular weight excluding hydrogens is 230 g/mol. The van der Waals surface area contributed by atoms with Gasteiger partial charge in [-0.05, 0) is 23.6 Å². The highest BCUT2D eigenvalue weighted by molar-refractivity contribution is 7.80. The van der Waals surface area contributed by atoms with Crippen LogP contribution in [0.25, 0.3) is 0 Å². The van der Waals surface area contributed by atoms with Crippen molar-refractivity contribution < 1.29 is 4.74 Å². The van der Waals surface area contributed by atoms with E-state index in [9.17, 15) is 0 Å². The summed E-state index contributed by atoms with van der Waals surface area (Å²) in [5, 5.41) is 3.29. The monoisotopic (exact) mass is 253 g/mol. The number of nitrogens with one attached hydrogen (secondary N) is 1. The molecule has 1 aromatic rings. The first-order valence-corrected chi connectivity index (χ1v) is 6.67. The Morgan fingerprint density at radius 3 is 2.59 bits per heavy atom. The van der Waals surface area contributed by atoms with E-state index < -0.39 is 0 Å². The lowest BCUT2D eigenvalue weighted by Gasteiger charge is -2.26. The normalized spacial score (nSPS) is 11.6. The van der Waals surface area contributed by atoms with Crippen LogP contribution in [0.2, 0.25) is 0 Å². The molecule has 0 bridgehead atoms. The molecule has 0 aromatic heterocycles. The van der Waals surface area contributed by atoms with Crippen LogP contribution in [0.4, 0.5) is 0 Å². The second kappa shape index (κ2) is 6.31. The van der Waals surface area contributed by atoms with E-state index in [2.05, 4.69) is 56.9 Å². The zero-order chi connectivity index (χ0) is 12.9. The Labute approximate surface area is 110 Å². The SMILES string of the molecule is CCc1cc(C(C)(C)CNCS)ccc1OC. The van der Waals surface area contributed by atoms with E-state index in [-0.39, 0.29) is 5.41 Å². The molecule has 1 N–H and O–H groups in total. The van der Waals surface area contributed by atoms with Crippen LogP contribution in [0.5, 0.6) is 5.75 Å². The van der Waals surface area contributed by atoms with Gasteiger partial charge in [0.25, 0.3) is 0 Å². The minimum absolute atomic E-state index is 0.110. The zero-order valence-corrected chi connectivity index (χ0v) is 12.1. The quantitative estimate of drug-likeness (QED) is 0.601. The standard InChI is InChI=1S/C14H23NOS/c1-5-11-8-12(6-7-13(11)16-4)14(2,3)9-15-10-17/h6-8,15,17H,5,9-10H2,1-4H3. The van der Waals surface area contributed by atoms with Crippen molar-refractivity contribution in [1.82, 2.24) is 5.32 Å². The molecule has 0 saturated carbocycles. The summed E-state index contributed by atoms with van der Waals surface area (Å²) >= 11 is 4.18. The number of rotatable bonds is 6. The maximum Gasteiger partial charge on any atom is 0.122 e. The maximum absolute atomic E-state index is 5.36. The van der Waals surface area contributed by atoms with E-state index in [1.54, 1.807) is 7.11 Å². The van der Waals surface area contributed by atoms with Crippen molar-refractivity contribution in [1.29, 1.82) is 0 Å². The summed E-state index contributed by atoms with van der Waals surface area (Å²) in [6.07, 6.45) is 0.993. The first kappa shape index (κ1) is 14.4. The molecule has 0 spiro atoms. The minimum Gasteiger partial charge on any atom is -0.496 e. The van der Waals surface area contributed by atoms with E-state index >= 15 is 0 Å². The van der Waals surface area contributed by atoms with Crippen LogP contribution in [0.1, 0.15) is 31.9 Å². The molecule has 0 radical (unpaired) electrons. The van der Waals surface area contributed by atoms with Gasteiger partial charge in [-0.25, -0.2) is 0 Å². The second-order valence-electron chi connectivity index (χ2n) is 4.85. The van der Waals surface area contributed by atoms with Crippen molar-refractivity contribution in [2.45, 2.75) is 32.6 Å². The Kier molecular flexibility index (Phi) is 5.34. The summed E-state index contributed by atoms with van der Waals surface area (Å²) in [6, 6.07) is 6.47. The maximum atomic E-state index is 5.36. The van der Waals surface area contributed by atoms with E-state index in [4.69, 9.17) is 4.74 Å². The fourth-order valence-electron chi connectivity index (χ4n) is 1.95. The molecule has 0 amide bonds. The van der Waals surface area contributed by atoms with Crippen LogP contribution < -0.4 is 10.1 Å². The highest BCUT2D eigenvalue weighted by Gasteiger charge is 2.20. The molecule has 0 atom stereocenters. The molecule has 0 aliphatic carbocycles. The Bertz CT molecular complexity index is 363. The van der Waals surface area contributed by atoms with Gasteiger partial charge in [-0.2, -0.15) is 12.6 Å². The smallest absolute Gasteiger partial charge is 0.122 e. The number of ether oxygens (including phenoxy) is 1. The average molecular weight is 253 g/mol. The molecule has 0 aliphatic heterocycles. The van der Waals surface area contributed by atoms with E-state index in [0.717, 1.165) is 18.7 Å². The number of methoxy groups -OCH3 is 1. The Hall–Kier alpha value is -0.670. The Morgan fingerprint density at radius 2 is 2.06 bits per heavy atom. The van der Waals surface area contributed by atoms with Crippen LogP contribution in [0.3, 0.4) is 0 Å². The van der Waals surface area contributed by atoms with Crippen LogP contribution >= 0.6 is 12.6 Å². The fourth-order valence-corrected chi connectivity index (χ4v) is 2.06. The molecule has 17 heavy (non-hydrogen) atoms. The van der Waals surface area contributed by atoms with E-state index in [0.29, 0.717) is 5.88 Å². The lowest BCUT2D eigenvalue weighted by molar-refractivity contribution is 0.409. The highest BCUT2D eigenvalue weighted by atomic mass is 32.1. The molecule has 0 unspecified atom stereocenters. The van der Waals surface area contributed by atoms with Gasteiger partial charge in [-0.1, -0.05) is 32.9 Å². The molecular formula is C14H23NOS.